The molecule has 0 heterocycles. The molecule has 2 N–H and O–H groups in total. The zero-order chi connectivity index (χ0) is 16.8. The van der Waals surface area contributed by atoms with Gasteiger partial charge in [-0.3, -0.25) is 9.69 Å². The normalized spacial score (nSPS) is 16.7. The van der Waals surface area contributed by atoms with Crippen LogP contribution in [0, 0.1) is 0 Å². The number of nitrogens with zero attached hydrogens (tertiary/aromatic N) is 1. The molecular weight excluding hydrogens is 288 g/mol. The Bertz CT molecular complexity index is 528. The zero-order valence-electron chi connectivity index (χ0n) is 14.6. The summed E-state index contributed by atoms with van der Waals surface area (Å²) in [6, 6.07) is 6.66. The monoisotopic (exact) mass is 318 g/mol. The van der Waals surface area contributed by atoms with Gasteiger partial charge in [-0.15, -0.1) is 0 Å². The van der Waals surface area contributed by atoms with Gasteiger partial charge in [0.1, 0.15) is 0 Å². The second-order valence-electron chi connectivity index (χ2n) is 6.90. The molecule has 4 nitrogen and oxygen atoms in total. The van der Waals surface area contributed by atoms with E-state index in [9.17, 15) is 9.90 Å². The molecule has 2 rings (SSSR count). The minimum atomic E-state index is -0.324. The third kappa shape index (κ3) is 5.63. The summed E-state index contributed by atoms with van der Waals surface area (Å²) in [6.07, 6.45) is 5.26. The van der Waals surface area contributed by atoms with Crippen LogP contribution in [0.25, 0.3) is 0 Å². The van der Waals surface area contributed by atoms with Crippen molar-refractivity contribution in [2.75, 3.05) is 20.1 Å². The van der Waals surface area contributed by atoms with Crippen LogP contribution in [0.15, 0.2) is 18.2 Å². The van der Waals surface area contributed by atoms with Crippen LogP contribution in [0.2, 0.25) is 0 Å². The average molecular weight is 318 g/mol. The van der Waals surface area contributed by atoms with Gasteiger partial charge in [0.25, 0.3) is 0 Å². The summed E-state index contributed by atoms with van der Waals surface area (Å²) in [6.45, 7) is 4.89. The number of carbonyl (C=O) groups is 1. The van der Waals surface area contributed by atoms with Crippen molar-refractivity contribution >= 4 is 5.91 Å². The van der Waals surface area contributed by atoms with E-state index < -0.39 is 0 Å². The minimum absolute atomic E-state index is 0.0277. The molecule has 0 aromatic heterocycles. The maximum Gasteiger partial charge on any atom is 0.234 e. The Morgan fingerprint density at radius 3 is 2.65 bits per heavy atom. The number of hydrogen-bond donors (Lipinski definition) is 2. The standard InChI is InChI=1S/C19H30N2O2/c1-14(22)10-11-21(3)13-19(23)20-15(2)17-9-8-16-6-4-5-7-18(16)12-17/h8-9,12,14-15,22H,4-7,10-11,13H2,1-3H3,(H,20,23). The Morgan fingerprint density at radius 1 is 1.26 bits per heavy atom. The van der Waals surface area contributed by atoms with Gasteiger partial charge in [0.15, 0.2) is 0 Å². The lowest BCUT2D eigenvalue weighted by Gasteiger charge is -2.22. The molecule has 23 heavy (non-hydrogen) atoms. The lowest BCUT2D eigenvalue weighted by atomic mass is 9.89. The summed E-state index contributed by atoms with van der Waals surface area (Å²) in [7, 11) is 1.91. The van der Waals surface area contributed by atoms with Crippen LogP contribution < -0.4 is 5.32 Å². The number of nitrogens with one attached hydrogen (secondary N) is 1. The van der Waals surface area contributed by atoms with Gasteiger partial charge in [-0.25, -0.2) is 0 Å². The van der Waals surface area contributed by atoms with Crippen molar-refractivity contribution in [3.05, 3.63) is 34.9 Å². The smallest absolute Gasteiger partial charge is 0.234 e. The first kappa shape index (κ1) is 18.0. The van der Waals surface area contributed by atoms with Gasteiger partial charge in [0, 0.05) is 6.54 Å². The first-order valence-corrected chi connectivity index (χ1v) is 8.73. The van der Waals surface area contributed by atoms with Crippen molar-refractivity contribution in [2.24, 2.45) is 0 Å². The van der Waals surface area contributed by atoms with Crippen LogP contribution in [0.3, 0.4) is 0 Å². The fraction of sp³-hybridized carbons (Fsp3) is 0.632. The van der Waals surface area contributed by atoms with Gasteiger partial charge in [-0.05, 0) is 69.7 Å². The van der Waals surface area contributed by atoms with E-state index in [2.05, 4.69) is 23.5 Å². The molecule has 1 aliphatic carbocycles. The summed E-state index contributed by atoms with van der Waals surface area (Å²) in [5, 5.41) is 12.4. The van der Waals surface area contributed by atoms with Crippen LogP contribution in [0.4, 0.5) is 0 Å². The Morgan fingerprint density at radius 2 is 1.96 bits per heavy atom. The predicted molar refractivity (Wildman–Crippen MR) is 93.4 cm³/mol. The molecule has 0 spiro atoms. The van der Waals surface area contributed by atoms with Crippen LogP contribution in [0.1, 0.15) is 55.8 Å². The number of aliphatic hydroxyl groups is 1. The highest BCUT2D eigenvalue weighted by Gasteiger charge is 2.15. The van der Waals surface area contributed by atoms with Crippen LogP contribution in [-0.4, -0.2) is 42.2 Å². The Balaban J connectivity index is 1.86. The van der Waals surface area contributed by atoms with Gasteiger partial charge < -0.3 is 10.4 Å². The zero-order valence-corrected chi connectivity index (χ0v) is 14.6. The highest BCUT2D eigenvalue weighted by atomic mass is 16.3. The van der Waals surface area contributed by atoms with Crippen molar-refractivity contribution < 1.29 is 9.90 Å². The predicted octanol–water partition coefficient (Wildman–Crippen LogP) is 2.45. The summed E-state index contributed by atoms with van der Waals surface area (Å²) >= 11 is 0. The van der Waals surface area contributed by atoms with Crippen molar-refractivity contribution in [1.29, 1.82) is 0 Å². The third-order valence-corrected chi connectivity index (χ3v) is 4.59. The fourth-order valence-electron chi connectivity index (χ4n) is 3.12. The largest absolute Gasteiger partial charge is 0.393 e. The second kappa shape index (κ2) is 8.46. The lowest BCUT2D eigenvalue weighted by Crippen LogP contribution is -2.37. The number of aliphatic hydroxyl groups excluding tert-OH is 1. The topological polar surface area (TPSA) is 52.6 Å². The van der Waals surface area contributed by atoms with Gasteiger partial charge in [-0.2, -0.15) is 0 Å². The molecule has 0 fully saturated rings. The Kier molecular flexibility index (Phi) is 6.60. The number of amides is 1. The molecule has 1 aliphatic rings. The highest BCUT2D eigenvalue weighted by molar-refractivity contribution is 5.78. The van der Waals surface area contributed by atoms with E-state index in [0.29, 0.717) is 13.0 Å². The number of benzene rings is 1. The molecule has 1 aromatic carbocycles. The van der Waals surface area contributed by atoms with Gasteiger partial charge in [-0.1, -0.05) is 18.2 Å². The second-order valence-corrected chi connectivity index (χ2v) is 6.90. The highest BCUT2D eigenvalue weighted by Crippen LogP contribution is 2.24. The Labute approximate surface area is 139 Å². The molecule has 0 radical (unpaired) electrons. The molecule has 0 bridgehead atoms. The van der Waals surface area contributed by atoms with Crippen LogP contribution in [-0.2, 0) is 17.6 Å². The van der Waals surface area contributed by atoms with Crippen molar-refractivity contribution in [2.45, 2.75) is 58.1 Å². The maximum atomic E-state index is 12.2. The SMILES string of the molecule is CC(O)CCN(C)CC(=O)NC(C)c1ccc2c(c1)CCCC2. The summed E-state index contributed by atoms with van der Waals surface area (Å²) in [4.78, 5) is 14.1. The molecule has 4 heteroatoms. The van der Waals surface area contributed by atoms with E-state index in [1.165, 1.54) is 36.0 Å². The van der Waals surface area contributed by atoms with E-state index in [4.69, 9.17) is 0 Å². The number of fused-ring (bicyclic) bond motifs is 1. The average Bonchev–Trinajstić information content (AvgIpc) is 2.52. The van der Waals surface area contributed by atoms with Crippen LogP contribution in [0.5, 0.6) is 0 Å². The number of hydrogen-bond acceptors (Lipinski definition) is 3. The molecule has 1 amide bonds. The number of aryl methyl sites for hydroxylation is 2. The Hall–Kier alpha value is -1.39. The summed E-state index contributed by atoms with van der Waals surface area (Å²) < 4.78 is 0. The van der Waals surface area contributed by atoms with Crippen molar-refractivity contribution in [1.82, 2.24) is 10.2 Å². The number of rotatable bonds is 7. The number of likely N-dealkylation sites (N-methyl/N-ethyl adjacent to an activating group) is 1. The third-order valence-electron chi connectivity index (χ3n) is 4.59. The van der Waals surface area contributed by atoms with Gasteiger partial charge in [0.2, 0.25) is 5.91 Å². The molecule has 2 atom stereocenters. The lowest BCUT2D eigenvalue weighted by molar-refractivity contribution is -0.122. The molecule has 0 saturated carbocycles. The van der Waals surface area contributed by atoms with E-state index in [1.54, 1.807) is 6.92 Å². The fourth-order valence-corrected chi connectivity index (χ4v) is 3.12. The van der Waals surface area contributed by atoms with Crippen molar-refractivity contribution in [3.63, 3.8) is 0 Å². The minimum Gasteiger partial charge on any atom is -0.393 e. The quantitative estimate of drug-likeness (QED) is 0.812. The molecule has 0 aliphatic heterocycles. The van der Waals surface area contributed by atoms with Gasteiger partial charge >= 0.3 is 0 Å². The van der Waals surface area contributed by atoms with E-state index in [-0.39, 0.29) is 18.1 Å². The first-order chi connectivity index (χ1) is 11.0. The molecular formula is C19H30N2O2. The summed E-state index contributed by atoms with van der Waals surface area (Å²) in [5.74, 6) is 0.0308. The van der Waals surface area contributed by atoms with Gasteiger partial charge in [0.05, 0.1) is 18.7 Å². The maximum absolute atomic E-state index is 12.2. The van der Waals surface area contributed by atoms with E-state index in [1.807, 2.05) is 18.9 Å². The van der Waals surface area contributed by atoms with E-state index >= 15 is 0 Å². The van der Waals surface area contributed by atoms with Crippen molar-refractivity contribution in [3.8, 4) is 0 Å². The van der Waals surface area contributed by atoms with Crippen LogP contribution >= 0.6 is 0 Å². The first-order valence-electron chi connectivity index (χ1n) is 8.73. The molecule has 1 aromatic rings. The summed E-state index contributed by atoms with van der Waals surface area (Å²) in [5.41, 5.74) is 4.10. The number of carbonyl (C=O) groups excluding carboxylic acids is 1. The molecule has 128 valence electrons. The molecule has 2 unspecified atom stereocenters. The van der Waals surface area contributed by atoms with E-state index in [0.717, 1.165) is 13.0 Å². The molecule has 0 saturated heterocycles.